The third-order valence-corrected chi connectivity index (χ3v) is 7.01. The van der Waals surface area contributed by atoms with E-state index in [-0.39, 0.29) is 11.3 Å². The number of hydrogen-bond acceptors (Lipinski definition) is 5. The highest BCUT2D eigenvalue weighted by Crippen LogP contribution is 2.52. The number of hydrogen-bond donors (Lipinski definition) is 1. The lowest BCUT2D eigenvalue weighted by Crippen LogP contribution is -2.61. The minimum atomic E-state index is -1.20. The first-order valence-electron chi connectivity index (χ1n) is 10.3. The molecule has 3 aromatic carbocycles. The van der Waals surface area contributed by atoms with Gasteiger partial charge in [-0.1, -0.05) is 72.3 Å². The number of rotatable bonds is 2. The van der Waals surface area contributed by atoms with Gasteiger partial charge in [0.25, 0.3) is 5.24 Å². The Morgan fingerprint density at radius 3 is 2.62 bits per heavy atom. The molecule has 1 spiro atoms. The van der Waals surface area contributed by atoms with E-state index in [2.05, 4.69) is 23.5 Å². The van der Waals surface area contributed by atoms with Crippen LogP contribution in [-0.4, -0.2) is 21.8 Å². The van der Waals surface area contributed by atoms with E-state index < -0.39 is 5.85 Å². The number of carbonyl (C=O) groups excluding carboxylic acids is 1. The summed E-state index contributed by atoms with van der Waals surface area (Å²) in [6.07, 6.45) is 2.68. The highest BCUT2D eigenvalue weighted by atomic mass is 35.5. The maximum Gasteiger partial charge on any atom is 0.314 e. The molecule has 0 radical (unpaired) electrons. The van der Waals surface area contributed by atoms with Crippen molar-refractivity contribution in [3.05, 3.63) is 105 Å². The Balaban J connectivity index is 1.51. The summed E-state index contributed by atoms with van der Waals surface area (Å²) in [7, 11) is 0. The highest BCUT2D eigenvalue weighted by molar-refractivity contribution is 8.17. The number of amides is 1. The molecular weight excluding hydrogens is 442 g/mol. The van der Waals surface area contributed by atoms with E-state index in [9.17, 15) is 4.79 Å². The molecule has 1 saturated heterocycles. The summed E-state index contributed by atoms with van der Waals surface area (Å²) in [5.41, 5.74) is 4.02. The van der Waals surface area contributed by atoms with Crippen molar-refractivity contribution in [2.75, 3.05) is 0 Å². The largest absolute Gasteiger partial charge is 0.444 e. The smallest absolute Gasteiger partial charge is 0.314 e. The van der Waals surface area contributed by atoms with Gasteiger partial charge in [0.15, 0.2) is 0 Å². The van der Waals surface area contributed by atoms with Gasteiger partial charge < -0.3 is 4.74 Å². The van der Waals surface area contributed by atoms with Crippen molar-refractivity contribution in [1.29, 1.82) is 0 Å². The van der Waals surface area contributed by atoms with Crippen LogP contribution in [0.25, 0.3) is 6.08 Å². The van der Waals surface area contributed by atoms with Crippen molar-refractivity contribution in [1.82, 2.24) is 10.3 Å². The molecule has 5 nitrogen and oxygen atoms in total. The van der Waals surface area contributed by atoms with E-state index in [1.807, 2.05) is 71.7 Å². The number of thioether (sulfide) groups is 1. The van der Waals surface area contributed by atoms with Crippen LogP contribution in [0.5, 0.6) is 5.75 Å². The molecular formula is C25H18ClN3O2S. The van der Waals surface area contributed by atoms with Gasteiger partial charge in [-0.25, -0.2) is 5.01 Å². The van der Waals surface area contributed by atoms with Gasteiger partial charge in [-0.05, 0) is 47.2 Å². The second-order valence-electron chi connectivity index (χ2n) is 7.84. The molecule has 0 bridgehead atoms. The van der Waals surface area contributed by atoms with Gasteiger partial charge in [-0.15, -0.1) is 0 Å². The van der Waals surface area contributed by atoms with Crippen LogP contribution in [0.1, 0.15) is 29.2 Å². The molecule has 3 aromatic rings. The highest BCUT2D eigenvalue weighted by Gasteiger charge is 2.58. The number of ether oxygens (including phenoxy) is 1. The summed E-state index contributed by atoms with van der Waals surface area (Å²) in [4.78, 5) is 13.4. The number of nitrogens with zero attached hydrogens (tertiary/aromatic N) is 2. The van der Waals surface area contributed by atoms with Gasteiger partial charge in [0.2, 0.25) is 0 Å². The molecule has 3 aliphatic heterocycles. The molecule has 158 valence electrons. The molecule has 0 aromatic heterocycles. The van der Waals surface area contributed by atoms with Crippen LogP contribution in [0.15, 0.2) is 88.9 Å². The number of fused-ring (bicyclic) bond motifs is 4. The topological polar surface area (TPSA) is 53.9 Å². The predicted molar refractivity (Wildman–Crippen MR) is 128 cm³/mol. The second-order valence-corrected chi connectivity index (χ2v) is 9.29. The Kier molecular flexibility index (Phi) is 4.52. The number of nitrogens with one attached hydrogen (secondary N) is 1. The summed E-state index contributed by atoms with van der Waals surface area (Å²) < 4.78 is 6.53. The maximum atomic E-state index is 12.7. The van der Waals surface area contributed by atoms with Crippen LogP contribution in [0, 0.1) is 0 Å². The van der Waals surface area contributed by atoms with E-state index in [0.717, 1.165) is 51.2 Å². The van der Waals surface area contributed by atoms with E-state index >= 15 is 0 Å². The standard InChI is InChI=1S/C25H18ClN3O2S/c26-18-12-10-16(11-13-18)14-23-25(27-24(30)32-23)29-21(19-8-4-5-9-22(19)31-25)15-20(28-29)17-6-2-1-3-7-17/h1-14,21H,15H2,(H,27,30)/b23-14-. The molecule has 0 saturated carbocycles. The fraction of sp³-hybridized carbons (Fsp3) is 0.120. The van der Waals surface area contributed by atoms with Gasteiger partial charge in [0.05, 0.1) is 16.7 Å². The van der Waals surface area contributed by atoms with Crippen LogP contribution in [0.3, 0.4) is 0 Å². The Hall–Kier alpha value is -3.22. The molecule has 2 atom stereocenters. The Morgan fingerprint density at radius 1 is 1.06 bits per heavy atom. The zero-order valence-corrected chi connectivity index (χ0v) is 18.4. The van der Waals surface area contributed by atoms with Crippen LogP contribution in [0.2, 0.25) is 5.02 Å². The normalized spacial score (nSPS) is 24.7. The second kappa shape index (κ2) is 7.43. The summed E-state index contributed by atoms with van der Waals surface area (Å²) in [5, 5.41) is 10.5. The van der Waals surface area contributed by atoms with Crippen molar-refractivity contribution < 1.29 is 9.53 Å². The van der Waals surface area contributed by atoms with Crippen molar-refractivity contribution in [3.8, 4) is 5.75 Å². The number of carbonyl (C=O) groups is 1. The van der Waals surface area contributed by atoms with Crippen LogP contribution >= 0.6 is 23.4 Å². The first-order chi connectivity index (χ1) is 15.6. The number of para-hydroxylation sites is 1. The van der Waals surface area contributed by atoms with Gasteiger partial charge >= 0.3 is 5.85 Å². The van der Waals surface area contributed by atoms with Gasteiger partial charge in [0.1, 0.15) is 5.75 Å². The minimum Gasteiger partial charge on any atom is -0.444 e. The van der Waals surface area contributed by atoms with Crippen molar-refractivity contribution in [2.45, 2.75) is 18.3 Å². The Morgan fingerprint density at radius 2 is 1.81 bits per heavy atom. The van der Waals surface area contributed by atoms with E-state index in [4.69, 9.17) is 21.4 Å². The summed E-state index contributed by atoms with van der Waals surface area (Å²) in [6, 6.07) is 25.5. The lowest BCUT2D eigenvalue weighted by molar-refractivity contribution is -0.0949. The lowest BCUT2D eigenvalue weighted by atomic mass is 9.95. The van der Waals surface area contributed by atoms with Gasteiger partial charge in [-0.3, -0.25) is 10.1 Å². The molecule has 2 unspecified atom stereocenters. The number of hydrazone groups is 1. The zero-order chi connectivity index (χ0) is 21.7. The van der Waals surface area contributed by atoms with E-state index in [1.54, 1.807) is 0 Å². The summed E-state index contributed by atoms with van der Waals surface area (Å²) in [5.74, 6) is -0.445. The Labute approximate surface area is 194 Å². The first kappa shape index (κ1) is 19.5. The fourth-order valence-corrected chi connectivity index (χ4v) is 5.42. The summed E-state index contributed by atoms with van der Waals surface area (Å²) >= 11 is 7.19. The third kappa shape index (κ3) is 3.10. The summed E-state index contributed by atoms with van der Waals surface area (Å²) in [6.45, 7) is 0. The monoisotopic (exact) mass is 459 g/mol. The van der Waals surface area contributed by atoms with Gasteiger partial charge in [-0.2, -0.15) is 5.10 Å². The predicted octanol–water partition coefficient (Wildman–Crippen LogP) is 6.03. The first-order valence-corrected chi connectivity index (χ1v) is 11.5. The van der Waals surface area contributed by atoms with E-state index in [1.165, 1.54) is 0 Å². The van der Waals surface area contributed by atoms with Crippen molar-refractivity contribution in [3.63, 3.8) is 0 Å². The average Bonchev–Trinajstić information content (AvgIpc) is 3.39. The molecule has 1 amide bonds. The maximum absolute atomic E-state index is 12.7. The van der Waals surface area contributed by atoms with Crippen molar-refractivity contribution in [2.24, 2.45) is 5.10 Å². The zero-order valence-electron chi connectivity index (χ0n) is 16.9. The Bertz CT molecular complexity index is 1280. The quantitative estimate of drug-likeness (QED) is 0.508. The van der Waals surface area contributed by atoms with Crippen LogP contribution in [-0.2, 0) is 0 Å². The van der Waals surface area contributed by atoms with E-state index in [0.29, 0.717) is 5.02 Å². The molecule has 6 rings (SSSR count). The van der Waals surface area contributed by atoms with Crippen molar-refractivity contribution >= 4 is 40.4 Å². The molecule has 1 N–H and O–H groups in total. The van der Waals surface area contributed by atoms with Crippen LogP contribution < -0.4 is 10.1 Å². The lowest BCUT2D eigenvalue weighted by Gasteiger charge is -2.45. The molecule has 3 aliphatic rings. The molecule has 7 heteroatoms. The van der Waals surface area contributed by atoms with Gasteiger partial charge in [0, 0.05) is 17.0 Å². The fourth-order valence-electron chi connectivity index (χ4n) is 4.38. The van der Waals surface area contributed by atoms with Crippen LogP contribution in [0.4, 0.5) is 4.79 Å². The number of halogens is 1. The average molecular weight is 460 g/mol. The molecule has 3 heterocycles. The molecule has 1 fully saturated rings. The third-order valence-electron chi connectivity index (χ3n) is 5.85. The SMILES string of the molecule is O=C1NC2(Oc3ccccc3C3CC(c4ccccc4)=NN32)/C(=C/c2ccc(Cl)cc2)S1. The minimum absolute atomic E-state index is 0.0530. The molecule has 0 aliphatic carbocycles. The molecule has 32 heavy (non-hydrogen) atoms. The number of benzene rings is 3.